The van der Waals surface area contributed by atoms with Gasteiger partial charge in [0.05, 0.1) is 0 Å². The number of benzene rings is 1. The molecule has 30 heavy (non-hydrogen) atoms. The summed E-state index contributed by atoms with van der Waals surface area (Å²) in [6, 6.07) is 11.8. The van der Waals surface area contributed by atoms with Crippen molar-refractivity contribution in [1.82, 2.24) is 9.80 Å². The minimum atomic E-state index is -0.0281. The SMILES string of the molecule is CC(=O)c1cccc(NC(=O)N(CC2CC2)C2CCN(CCc3cccs3)CC2)c1. The van der Waals surface area contributed by atoms with Gasteiger partial charge in [-0.3, -0.25) is 4.79 Å². The van der Waals surface area contributed by atoms with E-state index in [-0.39, 0.29) is 11.8 Å². The summed E-state index contributed by atoms with van der Waals surface area (Å²) in [7, 11) is 0. The van der Waals surface area contributed by atoms with Crippen LogP contribution in [-0.2, 0) is 6.42 Å². The van der Waals surface area contributed by atoms with Gasteiger partial charge in [-0.15, -0.1) is 11.3 Å². The molecule has 2 aromatic rings. The third-order valence-corrected chi connectivity index (χ3v) is 7.12. The fourth-order valence-electron chi connectivity index (χ4n) is 4.17. The molecule has 1 aliphatic carbocycles. The first-order valence-corrected chi connectivity index (χ1v) is 11.9. The van der Waals surface area contributed by atoms with Gasteiger partial charge in [0.1, 0.15) is 0 Å². The van der Waals surface area contributed by atoms with Gasteiger partial charge in [-0.25, -0.2) is 4.79 Å². The second-order valence-corrected chi connectivity index (χ2v) is 9.60. The smallest absolute Gasteiger partial charge is 0.321 e. The second-order valence-electron chi connectivity index (χ2n) is 8.57. The lowest BCUT2D eigenvalue weighted by Crippen LogP contribution is -2.49. The Balaban J connectivity index is 1.34. The van der Waals surface area contributed by atoms with E-state index in [1.165, 1.54) is 17.7 Å². The first-order chi connectivity index (χ1) is 14.6. The number of carbonyl (C=O) groups is 2. The van der Waals surface area contributed by atoms with Crippen LogP contribution in [0.5, 0.6) is 0 Å². The van der Waals surface area contributed by atoms with E-state index in [9.17, 15) is 9.59 Å². The summed E-state index contributed by atoms with van der Waals surface area (Å²) >= 11 is 1.83. The van der Waals surface area contributed by atoms with E-state index in [1.807, 2.05) is 23.5 Å². The Kier molecular flexibility index (Phi) is 6.85. The predicted octanol–water partition coefficient (Wildman–Crippen LogP) is 4.90. The van der Waals surface area contributed by atoms with Crippen LogP contribution in [0.25, 0.3) is 0 Å². The summed E-state index contributed by atoms with van der Waals surface area (Å²) in [6.07, 6.45) is 5.61. The number of carbonyl (C=O) groups excluding carboxylic acids is 2. The van der Waals surface area contributed by atoms with Crippen molar-refractivity contribution in [2.45, 2.75) is 45.1 Å². The molecule has 0 bridgehead atoms. The van der Waals surface area contributed by atoms with Gasteiger partial charge in [-0.2, -0.15) is 0 Å². The molecule has 1 saturated carbocycles. The molecule has 2 aliphatic rings. The van der Waals surface area contributed by atoms with Crippen LogP contribution in [0.15, 0.2) is 41.8 Å². The zero-order chi connectivity index (χ0) is 20.9. The van der Waals surface area contributed by atoms with Gasteiger partial charge in [-0.05, 0) is 68.5 Å². The van der Waals surface area contributed by atoms with Crippen molar-refractivity contribution in [3.8, 4) is 0 Å². The normalized spacial score (nSPS) is 17.6. The quantitative estimate of drug-likeness (QED) is 0.612. The van der Waals surface area contributed by atoms with Gasteiger partial charge in [0.2, 0.25) is 0 Å². The topological polar surface area (TPSA) is 52.7 Å². The third-order valence-electron chi connectivity index (χ3n) is 6.19. The maximum absolute atomic E-state index is 13.1. The molecule has 6 heteroatoms. The van der Waals surface area contributed by atoms with E-state index in [1.54, 1.807) is 19.1 Å². The standard InChI is InChI=1S/C24H31N3O2S/c1-18(28)20-4-2-5-21(16-20)25-24(29)27(17-19-7-8-19)22-9-12-26(13-10-22)14-11-23-6-3-15-30-23/h2-6,15-16,19,22H,7-14,17H2,1H3,(H,25,29). The first-order valence-electron chi connectivity index (χ1n) is 11.0. The number of amides is 2. The van der Waals surface area contributed by atoms with Gasteiger partial charge in [0.25, 0.3) is 0 Å². The molecule has 1 N–H and O–H groups in total. The van der Waals surface area contributed by atoms with E-state index in [4.69, 9.17) is 0 Å². The number of nitrogens with zero attached hydrogens (tertiary/aromatic N) is 2. The average Bonchev–Trinajstić information content (AvgIpc) is 3.42. The van der Waals surface area contributed by atoms with Gasteiger partial charge in [0, 0.05) is 48.3 Å². The molecule has 5 nitrogen and oxygen atoms in total. The monoisotopic (exact) mass is 425 g/mol. The van der Waals surface area contributed by atoms with Crippen LogP contribution in [0.3, 0.4) is 0 Å². The highest BCUT2D eigenvalue weighted by molar-refractivity contribution is 7.09. The summed E-state index contributed by atoms with van der Waals surface area (Å²) in [5, 5.41) is 5.19. The number of Topliss-reactive ketones (excluding diaryl/α,β-unsaturated/α-hetero) is 1. The van der Waals surface area contributed by atoms with Crippen molar-refractivity contribution in [2.75, 3.05) is 31.5 Å². The molecule has 2 heterocycles. The van der Waals surface area contributed by atoms with Crippen LogP contribution in [0, 0.1) is 5.92 Å². The third kappa shape index (κ3) is 5.70. The molecule has 1 aromatic heterocycles. The van der Waals surface area contributed by atoms with Crippen molar-refractivity contribution >= 4 is 28.8 Å². The van der Waals surface area contributed by atoms with Crippen molar-refractivity contribution in [3.05, 3.63) is 52.2 Å². The maximum atomic E-state index is 13.1. The number of hydrogen-bond acceptors (Lipinski definition) is 4. The largest absolute Gasteiger partial charge is 0.322 e. The molecular weight excluding hydrogens is 394 g/mol. The summed E-state index contributed by atoms with van der Waals surface area (Å²) in [5.41, 5.74) is 1.32. The molecule has 2 amide bonds. The van der Waals surface area contributed by atoms with Crippen LogP contribution >= 0.6 is 11.3 Å². The molecule has 0 spiro atoms. The summed E-state index contributed by atoms with van der Waals surface area (Å²) in [6.45, 7) is 5.58. The minimum Gasteiger partial charge on any atom is -0.321 e. The summed E-state index contributed by atoms with van der Waals surface area (Å²) in [5.74, 6) is 0.659. The fourth-order valence-corrected chi connectivity index (χ4v) is 4.86. The minimum absolute atomic E-state index is 0.0101. The molecule has 160 valence electrons. The Labute approximate surface area is 183 Å². The van der Waals surface area contributed by atoms with E-state index in [0.29, 0.717) is 23.2 Å². The number of rotatable bonds is 8. The Morgan fingerprint density at radius 1 is 1.13 bits per heavy atom. The van der Waals surface area contributed by atoms with Gasteiger partial charge >= 0.3 is 6.03 Å². The number of thiophene rings is 1. The molecule has 4 rings (SSSR count). The van der Waals surface area contributed by atoms with E-state index >= 15 is 0 Å². The molecule has 2 fully saturated rings. The molecule has 1 aliphatic heterocycles. The van der Waals surface area contributed by atoms with E-state index in [2.05, 4.69) is 32.6 Å². The Bertz CT molecular complexity index is 855. The molecule has 1 saturated heterocycles. The number of likely N-dealkylation sites (tertiary alicyclic amines) is 1. The molecular formula is C24H31N3O2S. The second kappa shape index (κ2) is 9.75. The first kappa shape index (κ1) is 21.1. The average molecular weight is 426 g/mol. The maximum Gasteiger partial charge on any atom is 0.322 e. The Morgan fingerprint density at radius 3 is 2.60 bits per heavy atom. The predicted molar refractivity (Wildman–Crippen MR) is 122 cm³/mol. The van der Waals surface area contributed by atoms with Crippen LogP contribution in [-0.4, -0.2) is 53.8 Å². The number of ketones is 1. The lowest BCUT2D eigenvalue weighted by atomic mass is 10.0. The summed E-state index contributed by atoms with van der Waals surface area (Å²) in [4.78, 5) is 30.8. The number of urea groups is 1. The van der Waals surface area contributed by atoms with Crippen LogP contribution < -0.4 is 5.32 Å². The van der Waals surface area contributed by atoms with Gasteiger partial charge in [0.15, 0.2) is 5.78 Å². The number of anilines is 1. The van der Waals surface area contributed by atoms with Gasteiger partial charge in [-0.1, -0.05) is 18.2 Å². The lowest BCUT2D eigenvalue weighted by Gasteiger charge is -2.38. The van der Waals surface area contributed by atoms with Crippen molar-refractivity contribution in [1.29, 1.82) is 0 Å². The zero-order valence-electron chi connectivity index (χ0n) is 17.7. The number of nitrogens with one attached hydrogen (secondary N) is 1. The number of hydrogen-bond donors (Lipinski definition) is 1. The van der Waals surface area contributed by atoms with E-state index in [0.717, 1.165) is 45.4 Å². The van der Waals surface area contributed by atoms with Crippen LogP contribution in [0.4, 0.5) is 10.5 Å². The van der Waals surface area contributed by atoms with Gasteiger partial charge < -0.3 is 15.1 Å². The van der Waals surface area contributed by atoms with Crippen LogP contribution in [0.2, 0.25) is 0 Å². The molecule has 0 atom stereocenters. The highest BCUT2D eigenvalue weighted by Crippen LogP contribution is 2.32. The molecule has 1 aromatic carbocycles. The lowest BCUT2D eigenvalue weighted by molar-refractivity contribution is 0.101. The Hall–Kier alpha value is -2.18. The van der Waals surface area contributed by atoms with E-state index < -0.39 is 0 Å². The highest BCUT2D eigenvalue weighted by Gasteiger charge is 2.33. The molecule has 0 unspecified atom stereocenters. The van der Waals surface area contributed by atoms with Crippen molar-refractivity contribution < 1.29 is 9.59 Å². The zero-order valence-corrected chi connectivity index (χ0v) is 18.5. The van der Waals surface area contributed by atoms with Crippen LogP contribution in [0.1, 0.15) is 47.8 Å². The fraction of sp³-hybridized carbons (Fsp3) is 0.500. The number of piperidine rings is 1. The van der Waals surface area contributed by atoms with Crippen molar-refractivity contribution in [3.63, 3.8) is 0 Å². The Morgan fingerprint density at radius 2 is 1.93 bits per heavy atom. The van der Waals surface area contributed by atoms with Crippen molar-refractivity contribution in [2.24, 2.45) is 5.92 Å². The highest BCUT2D eigenvalue weighted by atomic mass is 32.1. The molecule has 0 radical (unpaired) electrons. The summed E-state index contributed by atoms with van der Waals surface area (Å²) < 4.78 is 0.